The van der Waals surface area contributed by atoms with Gasteiger partial charge in [0.15, 0.2) is 0 Å². The molecule has 0 fully saturated rings. The van der Waals surface area contributed by atoms with E-state index in [0.29, 0.717) is 5.92 Å². The van der Waals surface area contributed by atoms with E-state index in [-0.39, 0.29) is 0 Å². The van der Waals surface area contributed by atoms with E-state index in [1.54, 1.807) is 0 Å². The Balaban J connectivity index is 2.30. The summed E-state index contributed by atoms with van der Waals surface area (Å²) in [7, 11) is 0. The SMILES string of the molecule is CC1CNc2ccc(Cl)cc2OC1. The maximum Gasteiger partial charge on any atom is 0.143 e. The van der Waals surface area contributed by atoms with E-state index >= 15 is 0 Å². The van der Waals surface area contributed by atoms with Crippen molar-refractivity contribution in [1.29, 1.82) is 0 Å². The molecule has 0 aromatic heterocycles. The molecule has 1 heterocycles. The molecule has 1 aromatic carbocycles. The van der Waals surface area contributed by atoms with Crippen LogP contribution in [0, 0.1) is 5.92 Å². The van der Waals surface area contributed by atoms with E-state index in [4.69, 9.17) is 16.3 Å². The Morgan fingerprint density at radius 1 is 1.54 bits per heavy atom. The summed E-state index contributed by atoms with van der Waals surface area (Å²) < 4.78 is 5.59. The van der Waals surface area contributed by atoms with Crippen LogP contribution in [0.5, 0.6) is 5.75 Å². The molecule has 0 saturated carbocycles. The summed E-state index contributed by atoms with van der Waals surface area (Å²) in [4.78, 5) is 0. The van der Waals surface area contributed by atoms with Gasteiger partial charge >= 0.3 is 0 Å². The van der Waals surface area contributed by atoms with E-state index in [1.165, 1.54) is 0 Å². The third-order valence-corrected chi connectivity index (χ3v) is 2.34. The molecule has 0 radical (unpaired) electrons. The van der Waals surface area contributed by atoms with Gasteiger partial charge in [0.05, 0.1) is 12.3 Å². The lowest BCUT2D eigenvalue weighted by Crippen LogP contribution is -2.13. The Morgan fingerprint density at radius 2 is 2.38 bits per heavy atom. The molecule has 0 aliphatic carbocycles. The molecule has 0 bridgehead atoms. The van der Waals surface area contributed by atoms with Gasteiger partial charge in [-0.25, -0.2) is 0 Å². The molecule has 70 valence electrons. The lowest BCUT2D eigenvalue weighted by atomic mass is 10.2. The highest BCUT2D eigenvalue weighted by atomic mass is 35.5. The molecule has 0 spiro atoms. The minimum Gasteiger partial charge on any atom is -0.491 e. The van der Waals surface area contributed by atoms with Crippen molar-refractivity contribution in [3.8, 4) is 5.75 Å². The van der Waals surface area contributed by atoms with Crippen molar-refractivity contribution in [2.75, 3.05) is 18.5 Å². The third kappa shape index (κ3) is 1.89. The van der Waals surface area contributed by atoms with E-state index in [0.717, 1.165) is 29.6 Å². The van der Waals surface area contributed by atoms with Crippen LogP contribution in [0.15, 0.2) is 18.2 Å². The molecule has 1 N–H and O–H groups in total. The molecule has 1 aromatic rings. The number of nitrogens with one attached hydrogen (secondary N) is 1. The van der Waals surface area contributed by atoms with Crippen molar-refractivity contribution in [2.45, 2.75) is 6.92 Å². The average molecular weight is 198 g/mol. The maximum absolute atomic E-state index is 5.86. The molecular formula is C10H12ClNO. The number of rotatable bonds is 0. The van der Waals surface area contributed by atoms with Gasteiger partial charge in [0.1, 0.15) is 5.75 Å². The second-order valence-electron chi connectivity index (χ2n) is 3.44. The van der Waals surface area contributed by atoms with Crippen LogP contribution in [0.4, 0.5) is 5.69 Å². The van der Waals surface area contributed by atoms with Gasteiger partial charge < -0.3 is 10.1 Å². The van der Waals surface area contributed by atoms with Gasteiger partial charge in [0, 0.05) is 23.6 Å². The Hall–Kier alpha value is -0.890. The van der Waals surface area contributed by atoms with Crippen molar-refractivity contribution >= 4 is 17.3 Å². The van der Waals surface area contributed by atoms with Gasteiger partial charge in [-0.05, 0) is 12.1 Å². The molecule has 0 amide bonds. The number of fused-ring (bicyclic) bond motifs is 1. The smallest absolute Gasteiger partial charge is 0.143 e. The fourth-order valence-corrected chi connectivity index (χ4v) is 1.50. The van der Waals surface area contributed by atoms with Gasteiger partial charge in [-0.3, -0.25) is 0 Å². The summed E-state index contributed by atoms with van der Waals surface area (Å²) in [6.07, 6.45) is 0. The quantitative estimate of drug-likeness (QED) is 0.691. The van der Waals surface area contributed by atoms with E-state index in [9.17, 15) is 0 Å². The number of hydrogen-bond acceptors (Lipinski definition) is 2. The monoisotopic (exact) mass is 197 g/mol. The van der Waals surface area contributed by atoms with Crippen LogP contribution in [-0.4, -0.2) is 13.2 Å². The lowest BCUT2D eigenvalue weighted by molar-refractivity contribution is 0.275. The summed E-state index contributed by atoms with van der Waals surface area (Å²) >= 11 is 5.86. The van der Waals surface area contributed by atoms with Crippen molar-refractivity contribution in [2.24, 2.45) is 5.92 Å². The summed E-state index contributed by atoms with van der Waals surface area (Å²) in [6, 6.07) is 5.67. The highest BCUT2D eigenvalue weighted by molar-refractivity contribution is 6.30. The zero-order chi connectivity index (χ0) is 9.26. The molecule has 1 aliphatic heterocycles. The molecular weight excluding hydrogens is 186 g/mol. The zero-order valence-electron chi connectivity index (χ0n) is 7.51. The molecule has 13 heavy (non-hydrogen) atoms. The first kappa shape index (κ1) is 8.70. The third-order valence-electron chi connectivity index (χ3n) is 2.11. The second-order valence-corrected chi connectivity index (χ2v) is 3.87. The van der Waals surface area contributed by atoms with Crippen LogP contribution in [-0.2, 0) is 0 Å². The summed E-state index contributed by atoms with van der Waals surface area (Å²) in [5, 5.41) is 4.04. The zero-order valence-corrected chi connectivity index (χ0v) is 8.27. The van der Waals surface area contributed by atoms with Gasteiger partial charge in [-0.2, -0.15) is 0 Å². The topological polar surface area (TPSA) is 21.3 Å². The van der Waals surface area contributed by atoms with Crippen LogP contribution in [0.1, 0.15) is 6.92 Å². The molecule has 1 unspecified atom stereocenters. The van der Waals surface area contributed by atoms with Gasteiger partial charge in [-0.1, -0.05) is 18.5 Å². The molecule has 2 rings (SSSR count). The van der Waals surface area contributed by atoms with Gasteiger partial charge in [-0.15, -0.1) is 0 Å². The fraction of sp³-hybridized carbons (Fsp3) is 0.400. The predicted octanol–water partition coefficient (Wildman–Crippen LogP) is 2.78. The molecule has 3 heteroatoms. The highest BCUT2D eigenvalue weighted by Gasteiger charge is 2.12. The van der Waals surface area contributed by atoms with Gasteiger partial charge in [0.25, 0.3) is 0 Å². The fourth-order valence-electron chi connectivity index (χ4n) is 1.34. The standard InChI is InChI=1S/C10H12ClNO/c1-7-5-12-9-3-2-8(11)4-10(9)13-6-7/h2-4,7,12H,5-6H2,1H3. The van der Waals surface area contributed by atoms with Crippen molar-refractivity contribution < 1.29 is 4.74 Å². The maximum atomic E-state index is 5.86. The normalized spacial score (nSPS) is 20.9. The lowest BCUT2D eigenvalue weighted by Gasteiger charge is -2.06. The number of hydrogen-bond donors (Lipinski definition) is 1. The second kappa shape index (κ2) is 3.46. The Labute approximate surface area is 82.9 Å². The minimum absolute atomic E-state index is 0.533. The largest absolute Gasteiger partial charge is 0.491 e. The molecule has 2 nitrogen and oxygen atoms in total. The van der Waals surface area contributed by atoms with Crippen molar-refractivity contribution in [3.63, 3.8) is 0 Å². The van der Waals surface area contributed by atoms with Crippen molar-refractivity contribution in [1.82, 2.24) is 0 Å². The predicted molar refractivity (Wildman–Crippen MR) is 54.6 cm³/mol. The van der Waals surface area contributed by atoms with Crippen molar-refractivity contribution in [3.05, 3.63) is 23.2 Å². The first-order valence-electron chi connectivity index (χ1n) is 4.42. The number of benzene rings is 1. The number of anilines is 1. The minimum atomic E-state index is 0.533. The van der Waals surface area contributed by atoms with E-state index in [1.807, 2.05) is 18.2 Å². The van der Waals surface area contributed by atoms with Crippen LogP contribution in [0.2, 0.25) is 5.02 Å². The summed E-state index contributed by atoms with van der Waals surface area (Å²) in [6.45, 7) is 3.86. The number of ether oxygens (including phenoxy) is 1. The summed E-state index contributed by atoms with van der Waals surface area (Å²) in [5.74, 6) is 1.39. The Bertz CT molecular complexity index is 314. The van der Waals surface area contributed by atoms with Crippen LogP contribution in [0.3, 0.4) is 0 Å². The van der Waals surface area contributed by atoms with E-state index in [2.05, 4.69) is 12.2 Å². The first-order valence-corrected chi connectivity index (χ1v) is 4.80. The molecule has 1 aliphatic rings. The molecule has 0 saturated heterocycles. The van der Waals surface area contributed by atoms with Crippen LogP contribution >= 0.6 is 11.6 Å². The number of halogens is 1. The summed E-state index contributed by atoms with van der Waals surface area (Å²) in [5.41, 5.74) is 1.04. The molecule has 1 atom stereocenters. The average Bonchev–Trinajstić information content (AvgIpc) is 2.29. The first-order chi connectivity index (χ1) is 6.25. The Morgan fingerprint density at radius 3 is 3.23 bits per heavy atom. The van der Waals surface area contributed by atoms with Crippen LogP contribution in [0.25, 0.3) is 0 Å². The highest BCUT2D eigenvalue weighted by Crippen LogP contribution is 2.30. The Kier molecular flexibility index (Phi) is 2.32. The van der Waals surface area contributed by atoms with E-state index < -0.39 is 0 Å². The van der Waals surface area contributed by atoms with Crippen LogP contribution < -0.4 is 10.1 Å². The van der Waals surface area contributed by atoms with Gasteiger partial charge in [0.2, 0.25) is 0 Å².